The fraction of sp³-hybridized carbons (Fsp3) is 0.571. The average molecular weight is 223 g/mol. The first-order valence-corrected chi connectivity index (χ1v) is 5.87. The predicted octanol–water partition coefficient (Wildman–Crippen LogP) is 3.91. The van der Waals surface area contributed by atoms with Crippen molar-refractivity contribution in [3.05, 3.63) is 35.6 Å². The Bertz CT molecular complexity index is 328. The van der Waals surface area contributed by atoms with Gasteiger partial charge in [-0.15, -0.1) is 0 Å². The molecule has 0 radical (unpaired) electrons. The van der Waals surface area contributed by atoms with Crippen LogP contribution in [0.2, 0.25) is 0 Å². The maximum Gasteiger partial charge on any atom is 0.123 e. The van der Waals surface area contributed by atoms with Crippen LogP contribution in [0.15, 0.2) is 24.3 Å². The average Bonchev–Trinajstić information content (AvgIpc) is 2.15. The van der Waals surface area contributed by atoms with Gasteiger partial charge in [-0.25, -0.2) is 4.39 Å². The Morgan fingerprint density at radius 3 is 2.56 bits per heavy atom. The minimum atomic E-state index is -0.165. The molecule has 1 aromatic carbocycles. The van der Waals surface area contributed by atoms with Crippen LogP contribution in [0.1, 0.15) is 45.7 Å². The molecule has 0 fully saturated rings. The highest BCUT2D eigenvalue weighted by Crippen LogP contribution is 2.19. The van der Waals surface area contributed by atoms with Gasteiger partial charge in [0.25, 0.3) is 0 Å². The number of hydrogen-bond acceptors (Lipinski definition) is 1. The van der Waals surface area contributed by atoms with E-state index in [0.717, 1.165) is 18.5 Å². The SMILES string of the molecule is C[C@@H](NCCC(C)(C)C)c1cccc(F)c1. The second kappa shape index (κ2) is 5.44. The second-order valence-electron chi connectivity index (χ2n) is 5.54. The lowest BCUT2D eigenvalue weighted by Gasteiger charge is -2.21. The van der Waals surface area contributed by atoms with Crippen molar-refractivity contribution in [2.45, 2.75) is 40.2 Å². The lowest BCUT2D eigenvalue weighted by atomic mass is 9.92. The number of nitrogens with one attached hydrogen (secondary N) is 1. The Labute approximate surface area is 98.1 Å². The van der Waals surface area contributed by atoms with Crippen molar-refractivity contribution >= 4 is 0 Å². The molecule has 1 rings (SSSR count). The smallest absolute Gasteiger partial charge is 0.123 e. The minimum Gasteiger partial charge on any atom is -0.310 e. The summed E-state index contributed by atoms with van der Waals surface area (Å²) in [6, 6.07) is 6.99. The molecule has 2 heteroatoms. The van der Waals surface area contributed by atoms with Gasteiger partial charge in [-0.1, -0.05) is 32.9 Å². The zero-order chi connectivity index (χ0) is 12.2. The van der Waals surface area contributed by atoms with Crippen molar-refractivity contribution in [3.8, 4) is 0 Å². The Hall–Kier alpha value is -0.890. The van der Waals surface area contributed by atoms with Crippen LogP contribution in [-0.4, -0.2) is 6.54 Å². The summed E-state index contributed by atoms with van der Waals surface area (Å²) in [6.07, 6.45) is 1.12. The Morgan fingerprint density at radius 2 is 2.00 bits per heavy atom. The molecule has 0 unspecified atom stereocenters. The van der Waals surface area contributed by atoms with Crippen LogP contribution in [0.4, 0.5) is 4.39 Å². The van der Waals surface area contributed by atoms with Gasteiger partial charge in [-0.2, -0.15) is 0 Å². The van der Waals surface area contributed by atoms with Crippen LogP contribution in [0.5, 0.6) is 0 Å². The van der Waals surface area contributed by atoms with Gasteiger partial charge < -0.3 is 5.32 Å². The molecule has 1 atom stereocenters. The number of halogens is 1. The molecule has 1 nitrogen and oxygen atoms in total. The third kappa shape index (κ3) is 4.75. The van der Waals surface area contributed by atoms with Crippen molar-refractivity contribution in [2.24, 2.45) is 5.41 Å². The molecule has 1 aromatic rings. The Morgan fingerprint density at radius 1 is 1.31 bits per heavy atom. The quantitative estimate of drug-likeness (QED) is 0.816. The van der Waals surface area contributed by atoms with Gasteiger partial charge in [0, 0.05) is 6.04 Å². The third-order valence-corrected chi connectivity index (χ3v) is 2.67. The van der Waals surface area contributed by atoms with E-state index >= 15 is 0 Å². The van der Waals surface area contributed by atoms with E-state index < -0.39 is 0 Å². The van der Waals surface area contributed by atoms with Crippen molar-refractivity contribution in [1.29, 1.82) is 0 Å². The second-order valence-corrected chi connectivity index (χ2v) is 5.54. The van der Waals surface area contributed by atoms with E-state index in [0.29, 0.717) is 5.41 Å². The summed E-state index contributed by atoms with van der Waals surface area (Å²) in [7, 11) is 0. The van der Waals surface area contributed by atoms with Crippen LogP contribution in [-0.2, 0) is 0 Å². The van der Waals surface area contributed by atoms with Crippen molar-refractivity contribution in [3.63, 3.8) is 0 Å². The molecule has 0 aliphatic carbocycles. The van der Waals surface area contributed by atoms with Gasteiger partial charge in [0.1, 0.15) is 5.82 Å². The lowest BCUT2D eigenvalue weighted by molar-refractivity contribution is 0.358. The van der Waals surface area contributed by atoms with E-state index in [9.17, 15) is 4.39 Å². The fourth-order valence-electron chi connectivity index (χ4n) is 1.56. The van der Waals surface area contributed by atoms with Gasteiger partial charge in [-0.3, -0.25) is 0 Å². The van der Waals surface area contributed by atoms with Crippen molar-refractivity contribution in [2.75, 3.05) is 6.54 Å². The van der Waals surface area contributed by atoms with E-state index in [-0.39, 0.29) is 11.9 Å². The molecule has 0 saturated heterocycles. The zero-order valence-electron chi connectivity index (χ0n) is 10.7. The molecule has 1 N–H and O–H groups in total. The summed E-state index contributed by atoms with van der Waals surface area (Å²) >= 11 is 0. The first-order chi connectivity index (χ1) is 7.38. The lowest BCUT2D eigenvalue weighted by Crippen LogP contribution is -2.23. The molecule has 0 bridgehead atoms. The number of rotatable bonds is 4. The van der Waals surface area contributed by atoms with Gasteiger partial charge in [-0.05, 0) is 43.0 Å². The molecule has 0 heterocycles. The van der Waals surface area contributed by atoms with E-state index in [1.807, 2.05) is 6.07 Å². The summed E-state index contributed by atoms with van der Waals surface area (Å²) in [5.74, 6) is -0.165. The molecule has 0 spiro atoms. The number of benzene rings is 1. The van der Waals surface area contributed by atoms with E-state index in [4.69, 9.17) is 0 Å². The first-order valence-electron chi connectivity index (χ1n) is 5.87. The van der Waals surface area contributed by atoms with Crippen LogP contribution >= 0.6 is 0 Å². The molecule has 0 aromatic heterocycles. The molecule has 0 saturated carbocycles. The van der Waals surface area contributed by atoms with E-state index in [1.165, 1.54) is 6.07 Å². The largest absolute Gasteiger partial charge is 0.310 e. The molecule has 0 aliphatic heterocycles. The van der Waals surface area contributed by atoms with E-state index in [2.05, 4.69) is 33.0 Å². The molecular weight excluding hydrogens is 201 g/mol. The van der Waals surface area contributed by atoms with Gasteiger partial charge in [0.2, 0.25) is 0 Å². The van der Waals surface area contributed by atoms with Crippen molar-refractivity contribution < 1.29 is 4.39 Å². The topological polar surface area (TPSA) is 12.0 Å². The maximum atomic E-state index is 13.0. The summed E-state index contributed by atoms with van der Waals surface area (Å²) in [6.45, 7) is 9.70. The summed E-state index contributed by atoms with van der Waals surface area (Å²) in [5.41, 5.74) is 1.35. The van der Waals surface area contributed by atoms with Gasteiger partial charge in [0.15, 0.2) is 0 Å². The fourth-order valence-corrected chi connectivity index (χ4v) is 1.56. The highest BCUT2D eigenvalue weighted by molar-refractivity contribution is 5.19. The predicted molar refractivity (Wildman–Crippen MR) is 66.9 cm³/mol. The molecule has 16 heavy (non-hydrogen) atoms. The summed E-state index contributed by atoms with van der Waals surface area (Å²) in [4.78, 5) is 0. The standard InChI is InChI=1S/C14H22FN/c1-11(16-9-8-14(2,3)4)12-6-5-7-13(15)10-12/h5-7,10-11,16H,8-9H2,1-4H3/t11-/m1/s1. The van der Waals surface area contributed by atoms with Crippen LogP contribution in [0.3, 0.4) is 0 Å². The Kier molecular flexibility index (Phi) is 4.48. The summed E-state index contributed by atoms with van der Waals surface area (Å²) < 4.78 is 13.0. The van der Waals surface area contributed by atoms with E-state index in [1.54, 1.807) is 12.1 Å². The van der Waals surface area contributed by atoms with Crippen LogP contribution < -0.4 is 5.32 Å². The van der Waals surface area contributed by atoms with Gasteiger partial charge in [0.05, 0.1) is 0 Å². The molecule has 0 aliphatic rings. The highest BCUT2D eigenvalue weighted by atomic mass is 19.1. The number of hydrogen-bond donors (Lipinski definition) is 1. The van der Waals surface area contributed by atoms with Crippen LogP contribution in [0.25, 0.3) is 0 Å². The monoisotopic (exact) mass is 223 g/mol. The summed E-state index contributed by atoms with van der Waals surface area (Å²) in [5, 5.41) is 3.42. The Balaban J connectivity index is 2.44. The minimum absolute atomic E-state index is 0.165. The normalized spacial score (nSPS) is 13.8. The van der Waals surface area contributed by atoms with Gasteiger partial charge >= 0.3 is 0 Å². The maximum absolute atomic E-state index is 13.0. The third-order valence-electron chi connectivity index (χ3n) is 2.67. The van der Waals surface area contributed by atoms with Crippen molar-refractivity contribution in [1.82, 2.24) is 5.32 Å². The van der Waals surface area contributed by atoms with Crippen LogP contribution in [0, 0.1) is 11.2 Å². The first kappa shape index (κ1) is 13.2. The molecule has 0 amide bonds. The molecule has 90 valence electrons. The zero-order valence-corrected chi connectivity index (χ0v) is 10.7. The highest BCUT2D eigenvalue weighted by Gasteiger charge is 2.11. The molecular formula is C14H22FN.